The summed E-state index contributed by atoms with van der Waals surface area (Å²) < 4.78 is 5.95. The van der Waals surface area contributed by atoms with E-state index in [1.807, 2.05) is 55.6 Å². The molecule has 0 aliphatic carbocycles. The van der Waals surface area contributed by atoms with E-state index in [1.54, 1.807) is 0 Å². The van der Waals surface area contributed by atoms with Gasteiger partial charge in [0.15, 0.2) is 6.10 Å². The summed E-state index contributed by atoms with van der Waals surface area (Å²) in [6.07, 6.45) is 1.95. The van der Waals surface area contributed by atoms with Crippen molar-refractivity contribution in [1.29, 1.82) is 0 Å². The lowest BCUT2D eigenvalue weighted by atomic mass is 9.92. The number of esters is 1. The van der Waals surface area contributed by atoms with E-state index in [0.717, 1.165) is 32.7 Å². The van der Waals surface area contributed by atoms with Crippen LogP contribution in [-0.2, 0) is 9.53 Å². The Bertz CT molecular complexity index is 1560. The maximum Gasteiger partial charge on any atom is 0.306 e. The van der Waals surface area contributed by atoms with E-state index in [9.17, 15) is 4.79 Å². The van der Waals surface area contributed by atoms with Gasteiger partial charge in [-0.3, -0.25) is 4.79 Å². The second-order valence-corrected chi connectivity index (χ2v) is 8.88. The highest BCUT2D eigenvalue weighted by atomic mass is 16.5. The van der Waals surface area contributed by atoms with E-state index < -0.39 is 6.10 Å². The third kappa shape index (κ3) is 4.73. The first-order chi connectivity index (χ1) is 17.7. The third-order valence-electron chi connectivity index (χ3n) is 6.55. The second kappa shape index (κ2) is 10.5. The summed E-state index contributed by atoms with van der Waals surface area (Å²) in [6.45, 7) is 3.93. The average Bonchev–Trinajstić information content (AvgIpc) is 3.32. The molecule has 0 unspecified atom stereocenters. The number of carbonyl (C=O) groups is 1. The Morgan fingerprint density at radius 2 is 1.19 bits per heavy atom. The van der Waals surface area contributed by atoms with E-state index in [1.165, 1.54) is 16.5 Å². The van der Waals surface area contributed by atoms with Crippen molar-refractivity contribution in [2.24, 2.45) is 0 Å². The van der Waals surface area contributed by atoms with E-state index >= 15 is 0 Å². The van der Waals surface area contributed by atoms with Crippen LogP contribution in [0.5, 0.6) is 0 Å². The fourth-order valence-electron chi connectivity index (χ4n) is 4.68. The van der Waals surface area contributed by atoms with E-state index in [4.69, 9.17) is 4.74 Å². The highest BCUT2D eigenvalue weighted by Crippen LogP contribution is 2.35. The quantitative estimate of drug-likeness (QED) is 0.262. The van der Waals surface area contributed by atoms with E-state index in [-0.39, 0.29) is 5.97 Å². The molecule has 1 aromatic heterocycles. The molecule has 0 atom stereocenters. The number of aromatic amines is 1. The first-order valence-corrected chi connectivity index (χ1v) is 12.3. The summed E-state index contributed by atoms with van der Waals surface area (Å²) in [5, 5.41) is 5.82. The number of ether oxygens (including phenoxy) is 1. The van der Waals surface area contributed by atoms with Crippen LogP contribution in [0.15, 0.2) is 115 Å². The second-order valence-electron chi connectivity index (χ2n) is 8.88. The van der Waals surface area contributed by atoms with E-state index in [2.05, 4.69) is 78.6 Å². The number of aromatic nitrogens is 1. The molecule has 1 heterocycles. The Hall–Kier alpha value is -4.37. The predicted molar refractivity (Wildman–Crippen MR) is 149 cm³/mol. The Morgan fingerprint density at radius 3 is 1.75 bits per heavy atom. The molecule has 0 spiro atoms. The van der Waals surface area contributed by atoms with Gasteiger partial charge in [-0.15, -0.1) is 0 Å². The molecule has 6 aromatic rings. The van der Waals surface area contributed by atoms with Crippen LogP contribution in [-0.4, -0.2) is 11.0 Å². The van der Waals surface area contributed by atoms with Crippen LogP contribution in [0.4, 0.5) is 0 Å². The van der Waals surface area contributed by atoms with Gasteiger partial charge >= 0.3 is 5.97 Å². The molecular formula is C33H29NO2. The number of nitrogens with one attached hydrogen (secondary N) is 1. The molecule has 0 amide bonds. The molecule has 0 saturated carbocycles. The van der Waals surface area contributed by atoms with Crippen LogP contribution < -0.4 is 0 Å². The predicted octanol–water partition coefficient (Wildman–Crippen LogP) is 8.51. The molecule has 1 N–H and O–H groups in total. The minimum atomic E-state index is -0.431. The highest BCUT2D eigenvalue weighted by molar-refractivity contribution is 5.90. The zero-order valence-electron chi connectivity index (χ0n) is 20.6. The van der Waals surface area contributed by atoms with Crippen LogP contribution in [0.3, 0.4) is 0 Å². The Morgan fingerprint density at radius 1 is 0.694 bits per heavy atom. The van der Waals surface area contributed by atoms with Crippen molar-refractivity contribution in [3.63, 3.8) is 0 Å². The summed E-state index contributed by atoms with van der Waals surface area (Å²) in [7, 11) is 0. The molecule has 178 valence electrons. The van der Waals surface area contributed by atoms with Crippen LogP contribution >= 0.6 is 0 Å². The van der Waals surface area contributed by atoms with Crippen LogP contribution in [0.2, 0.25) is 0 Å². The molecule has 5 aromatic carbocycles. The summed E-state index contributed by atoms with van der Waals surface area (Å²) in [4.78, 5) is 15.4. The number of benzene rings is 5. The topological polar surface area (TPSA) is 42.1 Å². The summed E-state index contributed by atoms with van der Waals surface area (Å²) in [6, 6.07) is 37.1. The normalized spacial score (nSPS) is 11.0. The summed E-state index contributed by atoms with van der Waals surface area (Å²) in [5.41, 5.74) is 4.57. The van der Waals surface area contributed by atoms with Crippen LogP contribution in [0, 0.1) is 6.92 Å². The van der Waals surface area contributed by atoms with Gasteiger partial charge in [-0.2, -0.15) is 0 Å². The highest BCUT2D eigenvalue weighted by Gasteiger charge is 2.22. The number of carbonyl (C=O) groups excluding carboxylic acids is 1. The molecule has 0 fully saturated rings. The number of para-hydroxylation sites is 1. The van der Waals surface area contributed by atoms with Gasteiger partial charge in [0.25, 0.3) is 0 Å². The lowest BCUT2D eigenvalue weighted by molar-refractivity contribution is -0.147. The molecular weight excluding hydrogens is 442 g/mol. The largest absolute Gasteiger partial charge is 0.452 e. The van der Waals surface area contributed by atoms with Crippen molar-refractivity contribution in [1.82, 2.24) is 4.98 Å². The SMILES string of the molecule is CCC(=O)OC(c1cccc2ccccc12)c1cccc2ccccc12.Cc1c[nH]c2ccccc12. The maximum absolute atomic E-state index is 12.2. The monoisotopic (exact) mass is 471 g/mol. The van der Waals surface area contributed by atoms with Crippen LogP contribution in [0.1, 0.15) is 36.1 Å². The minimum absolute atomic E-state index is 0.198. The zero-order chi connectivity index (χ0) is 24.9. The Kier molecular flexibility index (Phi) is 6.81. The fraction of sp³-hybridized carbons (Fsp3) is 0.121. The van der Waals surface area contributed by atoms with Gasteiger partial charge < -0.3 is 9.72 Å². The van der Waals surface area contributed by atoms with Crippen molar-refractivity contribution in [2.45, 2.75) is 26.4 Å². The maximum atomic E-state index is 12.2. The van der Waals surface area contributed by atoms with Gasteiger partial charge in [0.1, 0.15) is 0 Å². The number of aryl methyl sites for hydroxylation is 1. The molecule has 0 saturated heterocycles. The van der Waals surface area contributed by atoms with Gasteiger partial charge in [-0.1, -0.05) is 110 Å². The fourth-order valence-corrected chi connectivity index (χ4v) is 4.68. The Labute approximate surface area is 211 Å². The minimum Gasteiger partial charge on any atom is -0.452 e. The smallest absolute Gasteiger partial charge is 0.306 e. The zero-order valence-corrected chi connectivity index (χ0v) is 20.6. The van der Waals surface area contributed by atoms with Gasteiger partial charge in [-0.05, 0) is 40.1 Å². The molecule has 3 heteroatoms. The third-order valence-corrected chi connectivity index (χ3v) is 6.55. The lowest BCUT2D eigenvalue weighted by Gasteiger charge is -2.22. The van der Waals surface area contributed by atoms with Crippen molar-refractivity contribution < 1.29 is 9.53 Å². The molecule has 0 aliphatic rings. The molecule has 0 bridgehead atoms. The molecule has 0 radical (unpaired) electrons. The number of hydrogen-bond acceptors (Lipinski definition) is 2. The van der Waals surface area contributed by atoms with E-state index in [0.29, 0.717) is 6.42 Å². The number of rotatable bonds is 4. The lowest BCUT2D eigenvalue weighted by Crippen LogP contribution is -2.12. The van der Waals surface area contributed by atoms with Gasteiger partial charge in [-0.25, -0.2) is 0 Å². The molecule has 36 heavy (non-hydrogen) atoms. The van der Waals surface area contributed by atoms with Crippen molar-refractivity contribution >= 4 is 38.4 Å². The van der Waals surface area contributed by atoms with Gasteiger partial charge in [0.2, 0.25) is 0 Å². The number of H-pyrrole nitrogens is 1. The molecule has 0 aliphatic heterocycles. The molecule has 6 rings (SSSR count). The first kappa shape index (κ1) is 23.4. The van der Waals surface area contributed by atoms with Crippen molar-refractivity contribution in [2.75, 3.05) is 0 Å². The summed E-state index contributed by atoms with van der Waals surface area (Å²) in [5.74, 6) is -0.198. The van der Waals surface area contributed by atoms with Crippen molar-refractivity contribution in [3.8, 4) is 0 Å². The average molecular weight is 472 g/mol. The van der Waals surface area contributed by atoms with Crippen molar-refractivity contribution in [3.05, 3.63) is 132 Å². The first-order valence-electron chi connectivity index (χ1n) is 12.3. The van der Waals surface area contributed by atoms with Crippen LogP contribution in [0.25, 0.3) is 32.4 Å². The number of hydrogen-bond donors (Lipinski definition) is 1. The standard InChI is InChI=1S/C24H20O2.C9H9N/c1-2-23(25)26-24(21-15-7-11-17-9-3-5-13-19(17)21)22-16-8-12-18-10-4-6-14-20(18)22;1-7-6-10-9-5-3-2-4-8(7)9/h3-16,24H,2H2,1H3;2-6,10H,1H3. The molecule has 3 nitrogen and oxygen atoms in total. The Balaban J connectivity index is 0.000000222. The van der Waals surface area contributed by atoms with Gasteiger partial charge in [0.05, 0.1) is 0 Å². The number of fused-ring (bicyclic) bond motifs is 3. The summed E-state index contributed by atoms with van der Waals surface area (Å²) >= 11 is 0. The van der Waals surface area contributed by atoms with Gasteiger partial charge in [0, 0.05) is 34.6 Å².